The van der Waals surface area contributed by atoms with Crippen LogP contribution in [-0.2, 0) is 57.5 Å². The zero-order chi connectivity index (χ0) is 66.6. The van der Waals surface area contributed by atoms with Crippen LogP contribution in [0.1, 0.15) is 156 Å². The van der Waals surface area contributed by atoms with Crippen molar-refractivity contribution in [3.63, 3.8) is 0 Å². The molecule has 0 radical (unpaired) electrons. The molecule has 0 bridgehead atoms. The monoisotopic (exact) mass is 1230 g/mol. The Hall–Kier alpha value is -6.56. The number of amides is 11. The van der Waals surface area contributed by atoms with E-state index in [-0.39, 0.29) is 50.0 Å². The van der Waals surface area contributed by atoms with Gasteiger partial charge in [-0.2, -0.15) is 0 Å². The van der Waals surface area contributed by atoms with E-state index in [1.807, 2.05) is 0 Å². The molecule has 0 rings (SSSR count). The molecule has 29 heteroatoms. The molecule has 0 heterocycles. The molecule has 0 aliphatic carbocycles. The van der Waals surface area contributed by atoms with E-state index in [0.717, 1.165) is 0 Å². The highest BCUT2D eigenvalue weighted by atomic mass is 16.4. The molecule has 0 aromatic rings. The number of carboxylic acid groups (broad SMARTS) is 1. The van der Waals surface area contributed by atoms with E-state index in [2.05, 4.69) is 58.5 Å². The number of nitrogens with two attached hydrogens (primary N) is 2. The maximum Gasteiger partial charge on any atom is 0.326 e. The van der Waals surface area contributed by atoms with Crippen LogP contribution < -0.4 is 70.0 Å². The Bertz CT molecular complexity index is 2250. The third-order valence-electron chi connectivity index (χ3n) is 14.1. The molecule has 0 aliphatic rings. The van der Waals surface area contributed by atoms with Crippen molar-refractivity contribution >= 4 is 70.9 Å². The number of aliphatic carboxylic acids is 1. The van der Waals surface area contributed by atoms with E-state index >= 15 is 0 Å². The van der Waals surface area contributed by atoms with Gasteiger partial charge in [-0.25, -0.2) is 4.79 Å². The Labute approximate surface area is 506 Å². The Kier molecular flexibility index (Phi) is 36.3. The molecule has 0 unspecified atom stereocenters. The first-order valence-electron chi connectivity index (χ1n) is 29.8. The van der Waals surface area contributed by atoms with E-state index in [1.165, 1.54) is 27.7 Å². The molecule has 19 N–H and O–H groups in total. The van der Waals surface area contributed by atoms with Gasteiger partial charge in [0.25, 0.3) is 0 Å². The van der Waals surface area contributed by atoms with Crippen LogP contribution in [0.5, 0.6) is 0 Å². The van der Waals surface area contributed by atoms with Gasteiger partial charge in [0, 0.05) is 0 Å². The van der Waals surface area contributed by atoms with Crippen molar-refractivity contribution in [3.05, 3.63) is 0 Å². The maximum atomic E-state index is 14.2. The molecule has 0 aliphatic heterocycles. The fourth-order valence-electron chi connectivity index (χ4n) is 8.59. The fourth-order valence-corrected chi connectivity index (χ4v) is 8.59. The summed E-state index contributed by atoms with van der Waals surface area (Å²) in [6, 6.07) is -16.3. The number of carbonyl (C=O) groups is 12. The smallest absolute Gasteiger partial charge is 0.326 e. The number of aliphatic hydroxyl groups is 3. The minimum atomic E-state index is -1.73. The number of hydrogen-bond donors (Lipinski definition) is 17. The van der Waals surface area contributed by atoms with Crippen molar-refractivity contribution in [1.29, 1.82) is 0 Å². The van der Waals surface area contributed by atoms with Crippen LogP contribution in [0, 0.1) is 35.5 Å². The summed E-state index contributed by atoms with van der Waals surface area (Å²) in [5, 5.41) is 68.3. The molecule has 0 saturated heterocycles. The van der Waals surface area contributed by atoms with E-state index in [4.69, 9.17) is 11.5 Å². The molecule has 0 aromatic heterocycles. The lowest BCUT2D eigenvalue weighted by atomic mass is 9.96. The average molecular weight is 1230 g/mol. The summed E-state index contributed by atoms with van der Waals surface area (Å²) in [6.45, 7) is 24.9. The molecule has 15 atom stereocenters. The van der Waals surface area contributed by atoms with Crippen LogP contribution in [0.3, 0.4) is 0 Å². The van der Waals surface area contributed by atoms with Crippen LogP contribution in [0.4, 0.5) is 0 Å². The number of rotatable bonds is 40. The number of nitrogens with one attached hydrogen (secondary N) is 11. The maximum absolute atomic E-state index is 14.2. The van der Waals surface area contributed by atoms with Crippen molar-refractivity contribution in [3.8, 4) is 0 Å². The van der Waals surface area contributed by atoms with Crippen LogP contribution in [0.25, 0.3) is 0 Å². The summed E-state index contributed by atoms with van der Waals surface area (Å²) in [5.74, 6) is -13.0. The van der Waals surface area contributed by atoms with Gasteiger partial charge in [0.15, 0.2) is 0 Å². The Morgan fingerprint density at radius 2 is 0.721 bits per heavy atom. The predicted octanol–water partition coefficient (Wildman–Crippen LogP) is -2.85. The van der Waals surface area contributed by atoms with Gasteiger partial charge in [-0.05, 0) is 108 Å². The van der Waals surface area contributed by atoms with Gasteiger partial charge in [-0.3, -0.25) is 52.7 Å². The summed E-state index contributed by atoms with van der Waals surface area (Å²) in [4.78, 5) is 162. The highest BCUT2D eigenvalue weighted by Gasteiger charge is 2.39. The van der Waals surface area contributed by atoms with Gasteiger partial charge in [-0.15, -0.1) is 0 Å². The second kappa shape index (κ2) is 39.3. The highest BCUT2D eigenvalue weighted by molar-refractivity contribution is 5.99. The molecule has 11 amide bonds. The summed E-state index contributed by atoms with van der Waals surface area (Å²) in [5.41, 5.74) is 11.4. The Morgan fingerprint density at radius 3 is 1.13 bits per heavy atom. The van der Waals surface area contributed by atoms with Crippen molar-refractivity contribution in [2.75, 3.05) is 13.2 Å². The molecule has 0 saturated carbocycles. The lowest BCUT2D eigenvalue weighted by Gasteiger charge is -2.31. The van der Waals surface area contributed by atoms with Crippen LogP contribution >= 0.6 is 0 Å². The first-order valence-corrected chi connectivity index (χ1v) is 29.8. The Morgan fingerprint density at radius 1 is 0.384 bits per heavy atom. The zero-order valence-corrected chi connectivity index (χ0v) is 53.3. The van der Waals surface area contributed by atoms with E-state index in [9.17, 15) is 78.0 Å². The largest absolute Gasteiger partial charge is 0.480 e. The summed E-state index contributed by atoms with van der Waals surface area (Å²) >= 11 is 0. The van der Waals surface area contributed by atoms with Crippen LogP contribution in [0.15, 0.2) is 0 Å². The Balaban J connectivity index is 6.55. The molecule has 0 fully saturated rings. The number of carbonyl (C=O) groups excluding carboxylic acids is 11. The van der Waals surface area contributed by atoms with Gasteiger partial charge >= 0.3 is 5.97 Å². The minimum Gasteiger partial charge on any atom is -0.480 e. The molecule has 494 valence electrons. The van der Waals surface area contributed by atoms with Gasteiger partial charge in [-0.1, -0.05) is 89.5 Å². The van der Waals surface area contributed by atoms with Crippen molar-refractivity contribution in [1.82, 2.24) is 58.5 Å². The zero-order valence-electron chi connectivity index (χ0n) is 53.3. The summed E-state index contributed by atoms with van der Waals surface area (Å²) < 4.78 is 0. The number of hydrogen-bond acceptors (Lipinski definition) is 17. The highest BCUT2D eigenvalue weighted by Crippen LogP contribution is 2.15. The molecule has 0 spiro atoms. The van der Waals surface area contributed by atoms with Gasteiger partial charge in [0.1, 0.15) is 72.5 Å². The second-order valence-corrected chi connectivity index (χ2v) is 24.3. The first kappa shape index (κ1) is 79.4. The standard InChI is InChI=1S/C57H105N13O16/c1-17-31(12)44(69-48(76)36(20-18-19-21-58)62-54(82)42(29(8)9)67-47(75)33(14)61-53(81)41(59)34(15)72)55(83)70-45(35(16)73)56(84)65-38(23-27(4)5)49(77)64-37(22-26(2)3)50(78)66-40(25-71)52(80)60-32(13)46(74)63-39(24-28(6)7)51(79)68-43(30(10)11)57(85)86/h26-45,71-73H,17-25,58-59H2,1-16H3,(H,60,80)(H,61,81)(H,62,82)(H,63,74)(H,64,77)(H,65,84)(H,66,78)(H,67,75)(H,68,79)(H,69,76)(H,70,83)(H,85,86)/t31-,32-,33-,34+,35+,36-,37-,38-,39-,40-,41-,42-,43-,44-,45-/m0/s1. The summed E-state index contributed by atoms with van der Waals surface area (Å²) in [6.07, 6.45) is -1.56. The van der Waals surface area contributed by atoms with Crippen molar-refractivity contribution < 1.29 is 78.0 Å². The predicted molar refractivity (Wildman–Crippen MR) is 319 cm³/mol. The molecule has 86 heavy (non-hydrogen) atoms. The molecule has 0 aromatic carbocycles. The normalized spacial score (nSPS) is 16.8. The molecule has 29 nitrogen and oxygen atoms in total. The lowest BCUT2D eigenvalue weighted by Crippen LogP contribution is -2.63. The minimum absolute atomic E-state index is 0.0127. The number of aliphatic hydroxyl groups excluding tert-OH is 3. The average Bonchev–Trinajstić information content (AvgIpc) is 3.62. The van der Waals surface area contributed by atoms with Crippen LogP contribution in [-0.4, -0.2) is 189 Å². The number of carboxylic acids is 1. The quantitative estimate of drug-likeness (QED) is 0.0275. The van der Waals surface area contributed by atoms with Crippen molar-refractivity contribution in [2.24, 2.45) is 47.0 Å². The fraction of sp³-hybridized carbons (Fsp3) is 0.789. The summed E-state index contributed by atoms with van der Waals surface area (Å²) in [7, 11) is 0. The molecular formula is C57H105N13O16. The van der Waals surface area contributed by atoms with Crippen LogP contribution in [0.2, 0.25) is 0 Å². The van der Waals surface area contributed by atoms with E-state index in [1.54, 1.807) is 83.1 Å². The molecular weight excluding hydrogens is 1120 g/mol. The third-order valence-corrected chi connectivity index (χ3v) is 14.1. The lowest BCUT2D eigenvalue weighted by molar-refractivity contribution is -0.143. The van der Waals surface area contributed by atoms with E-state index < -0.39 is 180 Å². The second-order valence-electron chi connectivity index (χ2n) is 24.3. The third kappa shape index (κ3) is 28.3. The van der Waals surface area contributed by atoms with Gasteiger partial charge < -0.3 is 90.4 Å². The topological polar surface area (TPSA) is 470 Å². The van der Waals surface area contributed by atoms with E-state index in [0.29, 0.717) is 19.3 Å². The first-order chi connectivity index (χ1) is 39.8. The van der Waals surface area contributed by atoms with Crippen molar-refractivity contribution in [2.45, 2.75) is 240 Å². The van der Waals surface area contributed by atoms with Gasteiger partial charge in [0.05, 0.1) is 18.8 Å². The SMILES string of the molecule is CC[C@H](C)[C@H](NC(=O)[C@H](CCCCN)NC(=O)[C@@H](NC(=O)[C@H](C)NC(=O)[C@@H](N)[C@@H](C)O)C(C)C)C(=O)N[C@H](C(=O)N[C@@H](CC(C)C)C(=O)N[C@@H](CC(C)C)C(=O)N[C@@H](CO)C(=O)N[C@@H](C)C(=O)N[C@@H](CC(C)C)C(=O)N[C@H](C(=O)O)C(C)C)[C@@H](C)O. The van der Waals surface area contributed by atoms with Gasteiger partial charge in [0.2, 0.25) is 65.0 Å². The number of unbranched alkanes of at least 4 members (excludes halogenated alkanes) is 1.